The van der Waals surface area contributed by atoms with Crippen molar-refractivity contribution in [3.05, 3.63) is 0 Å². The molecule has 2 fully saturated rings. The van der Waals surface area contributed by atoms with E-state index < -0.39 is 21.4 Å². The number of sulfone groups is 1. The summed E-state index contributed by atoms with van der Waals surface area (Å²) < 4.78 is 22.8. The molecule has 6 heteroatoms. The predicted octanol–water partition coefficient (Wildman–Crippen LogP) is 1.50. The molecule has 1 atom stereocenters. The van der Waals surface area contributed by atoms with Crippen LogP contribution in [0.4, 0.5) is 0 Å². The highest BCUT2D eigenvalue weighted by Gasteiger charge is 2.39. The summed E-state index contributed by atoms with van der Waals surface area (Å²) in [6.45, 7) is 6.91. The Morgan fingerprint density at radius 3 is 2.27 bits per heavy atom. The summed E-state index contributed by atoms with van der Waals surface area (Å²) in [7, 11) is -3.05. The molecule has 1 aliphatic heterocycles. The number of carbonyl (C=O) groups is 1. The van der Waals surface area contributed by atoms with E-state index in [0.717, 1.165) is 12.8 Å². The Labute approximate surface area is 133 Å². The lowest BCUT2D eigenvalue weighted by molar-refractivity contribution is -0.126. The molecule has 128 valence electrons. The molecule has 0 aromatic heterocycles. The SMILES string of the molecule is CC(C)(C)C1CCC(O)(CNC(=O)[C@H]2CCS(=O)(=O)C2)CC1. The van der Waals surface area contributed by atoms with Crippen molar-refractivity contribution in [3.63, 3.8) is 0 Å². The third-order valence-corrected chi connectivity index (χ3v) is 7.10. The maximum absolute atomic E-state index is 12.1. The van der Waals surface area contributed by atoms with E-state index in [1.807, 2.05) is 0 Å². The highest BCUT2D eigenvalue weighted by atomic mass is 32.2. The van der Waals surface area contributed by atoms with E-state index in [1.165, 1.54) is 0 Å². The topological polar surface area (TPSA) is 83.5 Å². The molecule has 1 aliphatic carbocycles. The summed E-state index contributed by atoms with van der Waals surface area (Å²) >= 11 is 0. The number of nitrogens with one attached hydrogen (secondary N) is 1. The lowest BCUT2D eigenvalue weighted by atomic mass is 9.68. The van der Waals surface area contributed by atoms with Crippen molar-refractivity contribution >= 4 is 15.7 Å². The van der Waals surface area contributed by atoms with Crippen LogP contribution in [0.25, 0.3) is 0 Å². The zero-order valence-corrected chi connectivity index (χ0v) is 14.7. The lowest BCUT2D eigenvalue weighted by Gasteiger charge is -2.41. The number of amides is 1. The number of aliphatic hydroxyl groups is 1. The number of hydrogen-bond acceptors (Lipinski definition) is 4. The van der Waals surface area contributed by atoms with Gasteiger partial charge in [-0.1, -0.05) is 20.8 Å². The minimum Gasteiger partial charge on any atom is -0.388 e. The lowest BCUT2D eigenvalue weighted by Crippen LogP contribution is -2.47. The van der Waals surface area contributed by atoms with Crippen molar-refractivity contribution < 1.29 is 18.3 Å². The van der Waals surface area contributed by atoms with Gasteiger partial charge in [-0.2, -0.15) is 0 Å². The first-order chi connectivity index (χ1) is 10.0. The average molecular weight is 331 g/mol. The van der Waals surface area contributed by atoms with Gasteiger partial charge >= 0.3 is 0 Å². The highest BCUT2D eigenvalue weighted by molar-refractivity contribution is 7.91. The minimum absolute atomic E-state index is 0.0522. The predicted molar refractivity (Wildman–Crippen MR) is 86.1 cm³/mol. The van der Waals surface area contributed by atoms with Gasteiger partial charge in [-0.05, 0) is 43.4 Å². The van der Waals surface area contributed by atoms with Gasteiger partial charge in [0.1, 0.15) is 0 Å². The molecule has 2 rings (SSSR count). The van der Waals surface area contributed by atoms with Gasteiger partial charge in [0, 0.05) is 6.54 Å². The zero-order valence-electron chi connectivity index (χ0n) is 13.9. The molecule has 0 aromatic rings. The second kappa shape index (κ2) is 6.11. The van der Waals surface area contributed by atoms with Gasteiger partial charge in [-0.15, -0.1) is 0 Å². The molecule has 0 radical (unpaired) electrons. The Morgan fingerprint density at radius 2 is 1.82 bits per heavy atom. The Kier molecular flexibility index (Phi) is 4.93. The molecule has 1 heterocycles. The molecule has 5 nitrogen and oxygen atoms in total. The Balaban J connectivity index is 1.81. The maximum atomic E-state index is 12.1. The van der Waals surface area contributed by atoms with E-state index in [4.69, 9.17) is 0 Å². The normalized spacial score (nSPS) is 35.3. The van der Waals surface area contributed by atoms with E-state index in [9.17, 15) is 18.3 Å². The van der Waals surface area contributed by atoms with Gasteiger partial charge in [0.25, 0.3) is 0 Å². The molecule has 0 spiro atoms. The van der Waals surface area contributed by atoms with Gasteiger partial charge in [0.05, 0.1) is 23.0 Å². The molecule has 2 aliphatic rings. The molecule has 22 heavy (non-hydrogen) atoms. The van der Waals surface area contributed by atoms with Crippen molar-refractivity contribution in [2.45, 2.75) is 58.5 Å². The van der Waals surface area contributed by atoms with Crippen molar-refractivity contribution in [1.29, 1.82) is 0 Å². The summed E-state index contributed by atoms with van der Waals surface area (Å²) in [6, 6.07) is 0. The fraction of sp³-hybridized carbons (Fsp3) is 0.938. The van der Waals surface area contributed by atoms with Crippen LogP contribution in [0.2, 0.25) is 0 Å². The molecule has 0 unspecified atom stereocenters. The second-order valence-electron chi connectivity index (χ2n) is 8.18. The monoisotopic (exact) mass is 331 g/mol. The molecule has 1 saturated carbocycles. The van der Waals surface area contributed by atoms with Crippen LogP contribution in [-0.2, 0) is 14.6 Å². The number of carbonyl (C=O) groups excluding carboxylic acids is 1. The number of hydrogen-bond donors (Lipinski definition) is 2. The van der Waals surface area contributed by atoms with Crippen molar-refractivity contribution in [2.24, 2.45) is 17.3 Å². The third-order valence-electron chi connectivity index (χ3n) is 5.34. The van der Waals surface area contributed by atoms with Gasteiger partial charge < -0.3 is 10.4 Å². The van der Waals surface area contributed by atoms with Crippen LogP contribution in [0.5, 0.6) is 0 Å². The summed E-state index contributed by atoms with van der Waals surface area (Å²) in [5, 5.41) is 13.4. The number of rotatable bonds is 3. The molecule has 1 amide bonds. The van der Waals surface area contributed by atoms with E-state index >= 15 is 0 Å². The van der Waals surface area contributed by atoms with Gasteiger partial charge in [-0.25, -0.2) is 8.42 Å². The molecule has 2 N–H and O–H groups in total. The Bertz CT molecular complexity index is 513. The molecule has 0 aromatic carbocycles. The van der Waals surface area contributed by atoms with Crippen molar-refractivity contribution in [1.82, 2.24) is 5.32 Å². The maximum Gasteiger partial charge on any atom is 0.224 e. The zero-order chi connectivity index (χ0) is 16.6. The van der Waals surface area contributed by atoms with Crippen molar-refractivity contribution in [2.75, 3.05) is 18.1 Å². The first kappa shape index (κ1) is 17.7. The Morgan fingerprint density at radius 1 is 1.23 bits per heavy atom. The van der Waals surface area contributed by atoms with E-state index in [2.05, 4.69) is 26.1 Å². The van der Waals surface area contributed by atoms with E-state index in [0.29, 0.717) is 25.2 Å². The van der Waals surface area contributed by atoms with Gasteiger partial charge in [0.2, 0.25) is 5.91 Å². The summed E-state index contributed by atoms with van der Waals surface area (Å²) in [6.07, 6.45) is 3.72. The van der Waals surface area contributed by atoms with Gasteiger partial charge in [0.15, 0.2) is 9.84 Å². The molecule has 1 saturated heterocycles. The van der Waals surface area contributed by atoms with Crippen LogP contribution in [-0.4, -0.2) is 43.1 Å². The third kappa shape index (κ3) is 4.44. The quantitative estimate of drug-likeness (QED) is 0.821. The first-order valence-corrected chi connectivity index (χ1v) is 10.0. The second-order valence-corrected chi connectivity index (χ2v) is 10.4. The fourth-order valence-electron chi connectivity index (χ4n) is 3.60. The molecule has 0 bridgehead atoms. The van der Waals surface area contributed by atoms with Crippen molar-refractivity contribution in [3.8, 4) is 0 Å². The van der Waals surface area contributed by atoms with Crippen LogP contribution in [0.15, 0.2) is 0 Å². The molecular formula is C16H29NO4S. The van der Waals surface area contributed by atoms with E-state index in [-0.39, 0.29) is 29.4 Å². The Hall–Kier alpha value is -0.620. The molecular weight excluding hydrogens is 302 g/mol. The van der Waals surface area contributed by atoms with Crippen LogP contribution in [0.3, 0.4) is 0 Å². The van der Waals surface area contributed by atoms with Crippen LogP contribution >= 0.6 is 0 Å². The van der Waals surface area contributed by atoms with E-state index in [1.54, 1.807) is 0 Å². The highest BCUT2D eigenvalue weighted by Crippen LogP contribution is 2.41. The summed E-state index contributed by atoms with van der Waals surface area (Å²) in [4.78, 5) is 12.1. The van der Waals surface area contributed by atoms with Crippen LogP contribution in [0.1, 0.15) is 52.9 Å². The largest absolute Gasteiger partial charge is 0.388 e. The average Bonchev–Trinajstić information content (AvgIpc) is 2.76. The summed E-state index contributed by atoms with van der Waals surface area (Å²) in [5.41, 5.74) is -0.586. The summed E-state index contributed by atoms with van der Waals surface area (Å²) in [5.74, 6) is -0.0261. The minimum atomic E-state index is -3.05. The fourth-order valence-corrected chi connectivity index (χ4v) is 5.34. The van der Waals surface area contributed by atoms with Crippen LogP contribution < -0.4 is 5.32 Å². The van der Waals surface area contributed by atoms with Crippen LogP contribution in [0, 0.1) is 17.3 Å². The standard InChI is InChI=1S/C16H29NO4S/c1-15(2,3)13-4-7-16(19,8-5-13)11-17-14(18)12-6-9-22(20,21)10-12/h12-13,19H,4-11H2,1-3H3,(H,17,18)/t12-,13?,16?/m0/s1. The van der Waals surface area contributed by atoms with Gasteiger partial charge in [-0.3, -0.25) is 4.79 Å². The first-order valence-electron chi connectivity index (χ1n) is 8.21. The smallest absolute Gasteiger partial charge is 0.224 e.